The van der Waals surface area contributed by atoms with Crippen molar-refractivity contribution in [3.05, 3.63) is 53.6 Å². The molecule has 23 heavy (non-hydrogen) atoms. The molecule has 1 heterocycles. The molecule has 0 bridgehead atoms. The van der Waals surface area contributed by atoms with Gasteiger partial charge in [-0.2, -0.15) is 0 Å². The summed E-state index contributed by atoms with van der Waals surface area (Å²) >= 11 is 5.96. The minimum atomic E-state index is -0.361. The molecule has 2 aromatic rings. The summed E-state index contributed by atoms with van der Waals surface area (Å²) < 4.78 is 17.9. The number of hydrogen-bond acceptors (Lipinski definition) is 3. The summed E-state index contributed by atoms with van der Waals surface area (Å²) in [4.78, 5) is 0. The summed E-state index contributed by atoms with van der Waals surface area (Å²) in [6.07, 6.45) is 0. The molecule has 2 aromatic carbocycles. The number of halogens is 1. The number of ether oxygens (including phenoxy) is 1. The van der Waals surface area contributed by atoms with Crippen molar-refractivity contribution in [3.8, 4) is 11.5 Å². The lowest BCUT2D eigenvalue weighted by Gasteiger charge is -2.32. The molecule has 0 radical (unpaired) electrons. The van der Waals surface area contributed by atoms with Crippen LogP contribution in [0.5, 0.6) is 11.5 Å². The average Bonchev–Trinajstić information content (AvgIpc) is 2.68. The zero-order chi connectivity index (χ0) is 16.7. The van der Waals surface area contributed by atoms with E-state index < -0.39 is 0 Å². The standard InChI is InChI=1S/C18H20BClO3/c1-17(2)18(3,4)23-19(22-17)13-8-10-15(11-9-13)21-16-7-5-6-14(20)12-16/h5-12H,1-4H3. The van der Waals surface area contributed by atoms with Crippen molar-refractivity contribution in [1.82, 2.24) is 0 Å². The summed E-state index contributed by atoms with van der Waals surface area (Å²) in [7, 11) is -0.361. The van der Waals surface area contributed by atoms with Gasteiger partial charge in [-0.15, -0.1) is 0 Å². The first kappa shape index (κ1) is 16.4. The molecule has 1 fully saturated rings. The van der Waals surface area contributed by atoms with E-state index in [0.717, 1.165) is 11.2 Å². The molecule has 5 heteroatoms. The van der Waals surface area contributed by atoms with Gasteiger partial charge >= 0.3 is 7.12 Å². The molecule has 120 valence electrons. The predicted octanol–water partition coefficient (Wildman–Crippen LogP) is 4.43. The molecular formula is C18H20BClO3. The van der Waals surface area contributed by atoms with Gasteiger partial charge in [-0.05, 0) is 63.5 Å². The fourth-order valence-corrected chi connectivity index (χ4v) is 2.52. The zero-order valence-electron chi connectivity index (χ0n) is 13.8. The van der Waals surface area contributed by atoms with Gasteiger partial charge in [0.25, 0.3) is 0 Å². The van der Waals surface area contributed by atoms with Crippen LogP contribution in [0, 0.1) is 0 Å². The average molecular weight is 331 g/mol. The van der Waals surface area contributed by atoms with Crippen molar-refractivity contribution in [2.24, 2.45) is 0 Å². The molecule has 0 unspecified atom stereocenters. The molecule has 0 amide bonds. The summed E-state index contributed by atoms with van der Waals surface area (Å²) in [5.74, 6) is 1.45. The van der Waals surface area contributed by atoms with E-state index in [4.69, 9.17) is 25.6 Å². The normalized spacial score (nSPS) is 18.9. The lowest BCUT2D eigenvalue weighted by Crippen LogP contribution is -2.41. The van der Waals surface area contributed by atoms with Crippen molar-refractivity contribution < 1.29 is 14.0 Å². The third kappa shape index (κ3) is 3.39. The SMILES string of the molecule is CC1(C)OB(c2ccc(Oc3cccc(Cl)c3)cc2)OC1(C)C. The van der Waals surface area contributed by atoms with Crippen molar-refractivity contribution in [3.63, 3.8) is 0 Å². The van der Waals surface area contributed by atoms with E-state index in [9.17, 15) is 0 Å². The Morgan fingerprint density at radius 2 is 1.48 bits per heavy atom. The highest BCUT2D eigenvalue weighted by atomic mass is 35.5. The number of rotatable bonds is 3. The highest BCUT2D eigenvalue weighted by Crippen LogP contribution is 2.36. The van der Waals surface area contributed by atoms with Gasteiger partial charge in [-0.1, -0.05) is 29.8 Å². The maximum atomic E-state index is 6.04. The quantitative estimate of drug-likeness (QED) is 0.779. The van der Waals surface area contributed by atoms with Gasteiger partial charge in [0.1, 0.15) is 11.5 Å². The first-order valence-electron chi connectivity index (χ1n) is 7.66. The van der Waals surface area contributed by atoms with E-state index in [1.54, 1.807) is 6.07 Å². The molecule has 0 aromatic heterocycles. The van der Waals surface area contributed by atoms with Gasteiger partial charge in [0.05, 0.1) is 11.2 Å². The first-order valence-corrected chi connectivity index (χ1v) is 8.04. The van der Waals surface area contributed by atoms with Gasteiger partial charge in [0.15, 0.2) is 0 Å². The monoisotopic (exact) mass is 330 g/mol. The molecule has 0 atom stereocenters. The Morgan fingerprint density at radius 1 is 0.870 bits per heavy atom. The van der Waals surface area contributed by atoms with E-state index in [1.165, 1.54) is 0 Å². The van der Waals surface area contributed by atoms with Crippen LogP contribution < -0.4 is 10.2 Å². The Hall–Kier alpha value is -1.49. The van der Waals surface area contributed by atoms with Crippen LogP contribution in [0.3, 0.4) is 0 Å². The maximum Gasteiger partial charge on any atom is 0.494 e. The Morgan fingerprint density at radius 3 is 2.04 bits per heavy atom. The number of hydrogen-bond donors (Lipinski definition) is 0. The lowest BCUT2D eigenvalue weighted by molar-refractivity contribution is 0.00578. The molecule has 0 spiro atoms. The van der Waals surface area contributed by atoms with Gasteiger partial charge in [-0.3, -0.25) is 0 Å². The van der Waals surface area contributed by atoms with Crippen LogP contribution in [0.1, 0.15) is 27.7 Å². The lowest BCUT2D eigenvalue weighted by atomic mass is 9.79. The van der Waals surface area contributed by atoms with Crippen LogP contribution >= 0.6 is 11.6 Å². The topological polar surface area (TPSA) is 27.7 Å². The van der Waals surface area contributed by atoms with Crippen LogP contribution in [-0.4, -0.2) is 18.3 Å². The molecular weight excluding hydrogens is 310 g/mol. The Balaban J connectivity index is 1.73. The molecule has 0 aliphatic carbocycles. The van der Waals surface area contributed by atoms with E-state index in [0.29, 0.717) is 10.8 Å². The Kier molecular flexibility index (Phi) is 4.17. The molecule has 1 aliphatic rings. The summed E-state index contributed by atoms with van der Waals surface area (Å²) in [5.41, 5.74) is 0.295. The molecule has 1 saturated heterocycles. The minimum absolute atomic E-state index is 0.340. The van der Waals surface area contributed by atoms with Crippen LogP contribution in [0.25, 0.3) is 0 Å². The molecule has 3 rings (SSSR count). The smallest absolute Gasteiger partial charge is 0.457 e. The zero-order valence-corrected chi connectivity index (χ0v) is 14.6. The van der Waals surface area contributed by atoms with Crippen molar-refractivity contribution in [1.29, 1.82) is 0 Å². The first-order chi connectivity index (χ1) is 10.8. The fraction of sp³-hybridized carbons (Fsp3) is 0.333. The van der Waals surface area contributed by atoms with Crippen molar-refractivity contribution in [2.45, 2.75) is 38.9 Å². The molecule has 1 aliphatic heterocycles. The predicted molar refractivity (Wildman–Crippen MR) is 93.7 cm³/mol. The number of benzene rings is 2. The van der Waals surface area contributed by atoms with Gasteiger partial charge in [0, 0.05) is 5.02 Å². The third-order valence-corrected chi connectivity index (χ3v) is 4.67. The second-order valence-corrected chi connectivity index (χ2v) is 7.15. The van der Waals surface area contributed by atoms with Crippen LogP contribution in [-0.2, 0) is 9.31 Å². The molecule has 0 saturated carbocycles. The van der Waals surface area contributed by atoms with E-state index in [1.807, 2.05) is 70.2 Å². The summed E-state index contributed by atoms with van der Waals surface area (Å²) in [6.45, 7) is 8.18. The van der Waals surface area contributed by atoms with E-state index in [-0.39, 0.29) is 18.3 Å². The van der Waals surface area contributed by atoms with Gasteiger partial charge in [0.2, 0.25) is 0 Å². The highest BCUT2D eigenvalue weighted by Gasteiger charge is 2.51. The molecule has 3 nitrogen and oxygen atoms in total. The maximum absolute atomic E-state index is 6.04. The molecule has 0 N–H and O–H groups in total. The minimum Gasteiger partial charge on any atom is -0.457 e. The van der Waals surface area contributed by atoms with Crippen LogP contribution in [0.2, 0.25) is 5.02 Å². The highest BCUT2D eigenvalue weighted by molar-refractivity contribution is 6.62. The van der Waals surface area contributed by atoms with Crippen molar-refractivity contribution in [2.75, 3.05) is 0 Å². The Bertz CT molecular complexity index is 682. The van der Waals surface area contributed by atoms with E-state index in [2.05, 4.69) is 0 Å². The van der Waals surface area contributed by atoms with Gasteiger partial charge < -0.3 is 14.0 Å². The Labute approximate surface area is 142 Å². The van der Waals surface area contributed by atoms with E-state index >= 15 is 0 Å². The fourth-order valence-electron chi connectivity index (χ4n) is 2.34. The third-order valence-electron chi connectivity index (χ3n) is 4.44. The van der Waals surface area contributed by atoms with Crippen molar-refractivity contribution >= 4 is 24.2 Å². The van der Waals surface area contributed by atoms with Crippen LogP contribution in [0.15, 0.2) is 48.5 Å². The largest absolute Gasteiger partial charge is 0.494 e. The van der Waals surface area contributed by atoms with Crippen LogP contribution in [0.4, 0.5) is 0 Å². The second kappa shape index (κ2) is 5.86. The summed E-state index contributed by atoms with van der Waals surface area (Å²) in [6, 6.07) is 15.1. The second-order valence-electron chi connectivity index (χ2n) is 6.72. The summed E-state index contributed by atoms with van der Waals surface area (Å²) in [5, 5.41) is 0.649. The van der Waals surface area contributed by atoms with Gasteiger partial charge in [-0.25, -0.2) is 0 Å².